The minimum absolute atomic E-state index is 0.268. The van der Waals surface area contributed by atoms with Crippen LogP contribution >= 0.6 is 0 Å². The van der Waals surface area contributed by atoms with Crippen LogP contribution in [0, 0.1) is 0 Å². The maximum atomic E-state index is 12.2. The van der Waals surface area contributed by atoms with Crippen LogP contribution < -0.4 is 0 Å². The summed E-state index contributed by atoms with van der Waals surface area (Å²) in [5.74, 6) is 0.268. The highest BCUT2D eigenvalue weighted by atomic mass is 16.2. The molecule has 2 aromatic carbocycles. The van der Waals surface area contributed by atoms with E-state index in [1.54, 1.807) is 4.68 Å². The smallest absolute Gasteiger partial charge is 0.222 e. The topological polar surface area (TPSA) is 63.4 Å². The Hall–Kier alpha value is -3.28. The average Bonchev–Trinajstić information content (AvgIpc) is 3.40. The number of aromatic nitrogens is 3. The Kier molecular flexibility index (Phi) is 4.24. The highest BCUT2D eigenvalue weighted by molar-refractivity contribution is 6.20. The van der Waals surface area contributed by atoms with Crippen molar-refractivity contribution in [1.82, 2.24) is 19.9 Å². The van der Waals surface area contributed by atoms with Crippen molar-refractivity contribution in [2.24, 2.45) is 4.99 Å². The predicted molar refractivity (Wildman–Crippen MR) is 107 cm³/mol. The number of hydrogen-bond acceptors (Lipinski definition) is 4. The van der Waals surface area contributed by atoms with Gasteiger partial charge >= 0.3 is 0 Å². The predicted octanol–water partition coefficient (Wildman–Crippen LogP) is 3.30. The van der Waals surface area contributed by atoms with Crippen molar-refractivity contribution in [3.8, 4) is 5.69 Å². The Balaban J connectivity index is 1.24. The van der Waals surface area contributed by atoms with E-state index in [2.05, 4.69) is 33.5 Å². The van der Waals surface area contributed by atoms with Crippen molar-refractivity contribution in [1.29, 1.82) is 0 Å². The molecule has 5 rings (SSSR count). The lowest BCUT2D eigenvalue weighted by molar-refractivity contribution is -0.130. The SMILES string of the molecule is O=C(CCc1ccc(-n2cc(C3=Nc4ccccc43)nn2)cc1)N1CCCC1. The Morgan fingerprint density at radius 1 is 1.00 bits per heavy atom. The number of carbonyl (C=O) groups is 1. The molecule has 2 aliphatic rings. The molecule has 0 N–H and O–H groups in total. The molecule has 3 aromatic rings. The lowest BCUT2D eigenvalue weighted by Crippen LogP contribution is -2.27. The second-order valence-electron chi connectivity index (χ2n) is 7.28. The van der Waals surface area contributed by atoms with Crippen molar-refractivity contribution in [3.63, 3.8) is 0 Å². The molecule has 1 fully saturated rings. The number of rotatable bonds is 5. The lowest BCUT2D eigenvalue weighted by Gasteiger charge is -2.15. The van der Waals surface area contributed by atoms with Crippen LogP contribution in [-0.2, 0) is 11.2 Å². The maximum absolute atomic E-state index is 12.2. The molecular formula is C22H21N5O. The average molecular weight is 371 g/mol. The van der Waals surface area contributed by atoms with Gasteiger partial charge in [0.15, 0.2) is 0 Å². The highest BCUT2D eigenvalue weighted by Gasteiger charge is 2.22. The van der Waals surface area contributed by atoms with E-state index >= 15 is 0 Å². The van der Waals surface area contributed by atoms with Gasteiger partial charge < -0.3 is 4.90 Å². The molecule has 28 heavy (non-hydrogen) atoms. The Morgan fingerprint density at radius 2 is 1.79 bits per heavy atom. The Bertz CT molecular complexity index is 1040. The summed E-state index contributed by atoms with van der Waals surface area (Å²) in [6.07, 6.45) is 5.52. The van der Waals surface area contributed by atoms with Gasteiger partial charge in [-0.05, 0) is 43.0 Å². The van der Waals surface area contributed by atoms with Gasteiger partial charge in [0.05, 0.1) is 17.6 Å². The molecule has 0 aliphatic carbocycles. The Labute approximate surface area is 163 Å². The fourth-order valence-electron chi connectivity index (χ4n) is 3.78. The van der Waals surface area contributed by atoms with Gasteiger partial charge in [-0.3, -0.25) is 4.79 Å². The van der Waals surface area contributed by atoms with Gasteiger partial charge in [-0.25, -0.2) is 9.67 Å². The van der Waals surface area contributed by atoms with Crippen LogP contribution in [0.15, 0.2) is 59.7 Å². The summed E-state index contributed by atoms with van der Waals surface area (Å²) in [5, 5.41) is 8.52. The molecule has 6 heteroatoms. The third kappa shape index (κ3) is 3.11. The third-order valence-corrected chi connectivity index (χ3v) is 5.41. The number of fused-ring (bicyclic) bond motifs is 1. The van der Waals surface area contributed by atoms with E-state index in [0.717, 1.165) is 66.3 Å². The third-order valence-electron chi connectivity index (χ3n) is 5.41. The van der Waals surface area contributed by atoms with Gasteiger partial charge in [-0.2, -0.15) is 0 Å². The zero-order valence-corrected chi connectivity index (χ0v) is 15.6. The van der Waals surface area contributed by atoms with Crippen molar-refractivity contribution in [3.05, 3.63) is 71.5 Å². The molecule has 6 nitrogen and oxygen atoms in total. The van der Waals surface area contributed by atoms with Crippen LogP contribution in [0.3, 0.4) is 0 Å². The standard InChI is InChI=1S/C22H21N5O/c28-21(26-13-3-4-14-26)12-9-16-7-10-17(11-8-16)27-15-20(24-25-27)22-18-5-1-2-6-19(18)23-22/h1-2,5-8,10-11,15H,3-4,9,12-14H2. The van der Waals surface area contributed by atoms with E-state index in [-0.39, 0.29) is 5.91 Å². The molecule has 0 saturated carbocycles. The van der Waals surface area contributed by atoms with Gasteiger partial charge in [-0.15, -0.1) is 5.10 Å². The molecule has 1 saturated heterocycles. The zero-order valence-electron chi connectivity index (χ0n) is 15.6. The van der Waals surface area contributed by atoms with E-state index in [1.807, 2.05) is 41.4 Å². The van der Waals surface area contributed by atoms with Crippen molar-refractivity contribution >= 4 is 17.3 Å². The molecule has 140 valence electrons. The first-order valence-corrected chi connectivity index (χ1v) is 9.76. The van der Waals surface area contributed by atoms with Gasteiger partial charge in [-0.1, -0.05) is 35.5 Å². The number of amides is 1. The molecule has 1 amide bonds. The van der Waals surface area contributed by atoms with E-state index in [0.29, 0.717) is 6.42 Å². The molecule has 1 aromatic heterocycles. The molecule has 3 heterocycles. The van der Waals surface area contributed by atoms with Crippen molar-refractivity contribution < 1.29 is 4.79 Å². The van der Waals surface area contributed by atoms with Crippen LogP contribution in [-0.4, -0.2) is 44.6 Å². The quantitative estimate of drug-likeness (QED) is 0.541. The molecular weight excluding hydrogens is 350 g/mol. The summed E-state index contributed by atoms with van der Waals surface area (Å²) in [6, 6.07) is 16.2. The van der Waals surface area contributed by atoms with Crippen LogP contribution in [0.4, 0.5) is 5.69 Å². The molecule has 0 atom stereocenters. The fraction of sp³-hybridized carbons (Fsp3) is 0.273. The van der Waals surface area contributed by atoms with Crippen molar-refractivity contribution in [2.45, 2.75) is 25.7 Å². The van der Waals surface area contributed by atoms with E-state index in [9.17, 15) is 4.79 Å². The van der Waals surface area contributed by atoms with Crippen LogP contribution in [0.2, 0.25) is 0 Å². The lowest BCUT2D eigenvalue weighted by atomic mass is 10.0. The minimum atomic E-state index is 0.268. The number of aliphatic imine (C=N–C) groups is 1. The number of aryl methyl sites for hydroxylation is 1. The number of carbonyl (C=O) groups excluding carboxylic acids is 1. The summed E-state index contributed by atoms with van der Waals surface area (Å²) in [4.78, 5) is 18.7. The number of nitrogens with zero attached hydrogens (tertiary/aromatic N) is 5. The summed E-state index contributed by atoms with van der Waals surface area (Å²) in [5.41, 5.74) is 5.89. The monoisotopic (exact) mass is 371 g/mol. The van der Waals surface area contributed by atoms with Crippen LogP contribution in [0.1, 0.15) is 36.1 Å². The summed E-state index contributed by atoms with van der Waals surface area (Å²) < 4.78 is 1.76. The number of benzene rings is 2. The van der Waals surface area contributed by atoms with E-state index < -0.39 is 0 Å². The normalized spacial score (nSPS) is 15.1. The summed E-state index contributed by atoms with van der Waals surface area (Å²) in [7, 11) is 0. The number of hydrogen-bond donors (Lipinski definition) is 0. The van der Waals surface area contributed by atoms with Crippen LogP contribution in [0.25, 0.3) is 5.69 Å². The molecule has 0 unspecified atom stereocenters. The molecule has 0 radical (unpaired) electrons. The largest absolute Gasteiger partial charge is 0.343 e. The first-order chi connectivity index (χ1) is 13.8. The van der Waals surface area contributed by atoms with Gasteiger partial charge in [0.1, 0.15) is 11.4 Å². The Morgan fingerprint density at radius 3 is 2.57 bits per heavy atom. The summed E-state index contributed by atoms with van der Waals surface area (Å²) >= 11 is 0. The van der Waals surface area contributed by atoms with Gasteiger partial charge in [0, 0.05) is 25.1 Å². The van der Waals surface area contributed by atoms with Crippen LogP contribution in [0.5, 0.6) is 0 Å². The summed E-state index contributed by atoms with van der Waals surface area (Å²) in [6.45, 7) is 1.84. The van der Waals surface area contributed by atoms with E-state index in [4.69, 9.17) is 0 Å². The fourth-order valence-corrected chi connectivity index (χ4v) is 3.78. The van der Waals surface area contributed by atoms with Gasteiger partial charge in [0.2, 0.25) is 5.91 Å². The van der Waals surface area contributed by atoms with Gasteiger partial charge in [0.25, 0.3) is 0 Å². The molecule has 2 aliphatic heterocycles. The van der Waals surface area contributed by atoms with E-state index in [1.165, 1.54) is 0 Å². The molecule has 0 spiro atoms. The molecule has 0 bridgehead atoms. The second-order valence-corrected chi connectivity index (χ2v) is 7.28. The highest BCUT2D eigenvalue weighted by Crippen LogP contribution is 2.31. The number of para-hydroxylation sites is 1. The second kappa shape index (κ2) is 7.03. The number of likely N-dealkylation sites (tertiary alicyclic amines) is 1. The first-order valence-electron chi connectivity index (χ1n) is 9.76. The minimum Gasteiger partial charge on any atom is -0.343 e. The first kappa shape index (κ1) is 16.9. The van der Waals surface area contributed by atoms with Crippen molar-refractivity contribution in [2.75, 3.05) is 13.1 Å². The zero-order chi connectivity index (χ0) is 18.9. The maximum Gasteiger partial charge on any atom is 0.222 e.